The Morgan fingerprint density at radius 1 is 0.488 bits per heavy atom. The summed E-state index contributed by atoms with van der Waals surface area (Å²) in [4.78, 5) is 42.9. The molecule has 0 aliphatic carbocycles. The minimum Gasteiger partial charge on any atom is -0.477 e. The van der Waals surface area contributed by atoms with E-state index in [-0.39, 0.29) is 39.3 Å². The smallest absolute Gasteiger partial charge is 0.355 e. The summed E-state index contributed by atoms with van der Waals surface area (Å²) in [6.45, 7) is 0. The zero-order chi connectivity index (χ0) is 31.5. The van der Waals surface area contributed by atoms with Crippen molar-refractivity contribution in [1.29, 1.82) is 0 Å². The average Bonchev–Trinajstić information content (AvgIpc) is 2.98. The number of pyridine rings is 3. The highest BCUT2D eigenvalue weighted by Gasteiger charge is 2.17. The normalized spacial score (nSPS) is 9.95. The number of nitrogens with zero attached hydrogens (tertiary/aromatic N) is 3. The van der Waals surface area contributed by atoms with Crippen LogP contribution in [0.4, 0.5) is 17.6 Å². The van der Waals surface area contributed by atoms with E-state index in [1.807, 2.05) is 0 Å². The molecule has 0 spiro atoms. The number of carbonyl (C=O) groups is 3. The lowest BCUT2D eigenvalue weighted by molar-refractivity contribution is 0.0680. The van der Waals surface area contributed by atoms with Crippen molar-refractivity contribution in [1.82, 2.24) is 15.0 Å². The van der Waals surface area contributed by atoms with Gasteiger partial charge in [-0.1, -0.05) is 18.2 Å². The SMILES string of the molecule is O=C(O)c1ccccn1.O=C(O)c1ncccc1-c1ccc(F)cc1F.O=C(O)c1ncccc1-c1ccc(F)cc1F. The number of benzene rings is 2. The molecular formula is C30H19F4N3O6. The Hall–Kier alpha value is -5.98. The zero-order valence-electron chi connectivity index (χ0n) is 21.7. The third kappa shape index (κ3) is 8.50. The monoisotopic (exact) mass is 593 g/mol. The van der Waals surface area contributed by atoms with Crippen molar-refractivity contribution in [2.24, 2.45) is 0 Å². The molecule has 0 saturated heterocycles. The molecule has 0 bridgehead atoms. The van der Waals surface area contributed by atoms with Crippen molar-refractivity contribution in [3.8, 4) is 22.3 Å². The maximum Gasteiger partial charge on any atom is 0.355 e. The molecule has 0 aliphatic heterocycles. The van der Waals surface area contributed by atoms with Crippen LogP contribution in [0.15, 0.2) is 97.5 Å². The van der Waals surface area contributed by atoms with E-state index in [0.717, 1.165) is 12.1 Å². The van der Waals surface area contributed by atoms with Gasteiger partial charge in [0.2, 0.25) is 0 Å². The summed E-state index contributed by atoms with van der Waals surface area (Å²) in [5, 5.41) is 26.1. The molecule has 13 heteroatoms. The number of aromatic carboxylic acids is 3. The summed E-state index contributed by atoms with van der Waals surface area (Å²) in [7, 11) is 0. The molecule has 5 aromatic rings. The Balaban J connectivity index is 0.000000186. The third-order valence-corrected chi connectivity index (χ3v) is 5.35. The standard InChI is InChI=1S/2C12H7F2NO2.C6H5NO2/c2*13-7-3-4-8(10(14)6-7)9-2-1-5-15-11(9)12(16)17;8-6(9)5-3-1-2-4-7-5/h2*1-6H,(H,16,17);1-4H,(H,8,9). The lowest BCUT2D eigenvalue weighted by Crippen LogP contribution is -2.03. The number of hydrogen-bond acceptors (Lipinski definition) is 6. The molecule has 0 saturated carbocycles. The van der Waals surface area contributed by atoms with E-state index in [1.54, 1.807) is 12.1 Å². The van der Waals surface area contributed by atoms with Crippen LogP contribution < -0.4 is 0 Å². The molecule has 9 nitrogen and oxygen atoms in total. The molecular weight excluding hydrogens is 574 g/mol. The Bertz CT molecular complexity index is 1670. The molecule has 3 aromatic heterocycles. The van der Waals surface area contributed by atoms with Crippen LogP contribution in [0.5, 0.6) is 0 Å². The first kappa shape index (κ1) is 31.5. The number of halogens is 4. The zero-order valence-corrected chi connectivity index (χ0v) is 21.7. The van der Waals surface area contributed by atoms with Crippen LogP contribution in [0.1, 0.15) is 31.5 Å². The second kappa shape index (κ2) is 14.6. The summed E-state index contributed by atoms with van der Waals surface area (Å²) < 4.78 is 52.5. The van der Waals surface area contributed by atoms with Crippen molar-refractivity contribution >= 4 is 17.9 Å². The average molecular weight is 593 g/mol. The van der Waals surface area contributed by atoms with E-state index < -0.39 is 41.2 Å². The first-order valence-electron chi connectivity index (χ1n) is 11.9. The Kier molecular flexibility index (Phi) is 10.7. The number of rotatable bonds is 5. The summed E-state index contributed by atoms with van der Waals surface area (Å²) in [6, 6.07) is 16.5. The fourth-order valence-electron chi connectivity index (χ4n) is 3.49. The minimum atomic E-state index is -1.26. The largest absolute Gasteiger partial charge is 0.477 e. The topological polar surface area (TPSA) is 151 Å². The number of aromatic nitrogens is 3. The van der Waals surface area contributed by atoms with Gasteiger partial charge in [-0.2, -0.15) is 0 Å². The van der Waals surface area contributed by atoms with Crippen LogP contribution in [-0.2, 0) is 0 Å². The van der Waals surface area contributed by atoms with E-state index >= 15 is 0 Å². The molecule has 2 aromatic carbocycles. The second-order valence-electron chi connectivity index (χ2n) is 8.18. The van der Waals surface area contributed by atoms with Crippen molar-refractivity contribution < 1.29 is 47.3 Å². The molecule has 3 heterocycles. The van der Waals surface area contributed by atoms with Crippen LogP contribution in [0.25, 0.3) is 22.3 Å². The van der Waals surface area contributed by atoms with Crippen molar-refractivity contribution in [3.05, 3.63) is 138 Å². The van der Waals surface area contributed by atoms with Crippen LogP contribution in [-0.4, -0.2) is 48.2 Å². The number of carboxylic acids is 3. The van der Waals surface area contributed by atoms with Gasteiger partial charge in [0.15, 0.2) is 11.4 Å². The number of hydrogen-bond donors (Lipinski definition) is 3. The summed E-state index contributed by atoms with van der Waals surface area (Å²) in [5.74, 6) is -6.58. The van der Waals surface area contributed by atoms with Gasteiger partial charge in [0.1, 0.15) is 29.0 Å². The molecule has 5 rings (SSSR count). The first-order chi connectivity index (χ1) is 20.5. The van der Waals surface area contributed by atoms with Crippen molar-refractivity contribution in [3.63, 3.8) is 0 Å². The fourth-order valence-corrected chi connectivity index (χ4v) is 3.49. The highest BCUT2D eigenvalue weighted by molar-refractivity contribution is 5.94. The van der Waals surface area contributed by atoms with Crippen LogP contribution in [0.2, 0.25) is 0 Å². The molecule has 3 N–H and O–H groups in total. The van der Waals surface area contributed by atoms with Crippen LogP contribution in [0, 0.1) is 23.3 Å². The van der Waals surface area contributed by atoms with Crippen LogP contribution >= 0.6 is 0 Å². The molecule has 218 valence electrons. The van der Waals surface area contributed by atoms with Crippen LogP contribution in [0.3, 0.4) is 0 Å². The maximum absolute atomic E-state index is 13.5. The van der Waals surface area contributed by atoms with Gasteiger partial charge < -0.3 is 15.3 Å². The van der Waals surface area contributed by atoms with E-state index in [9.17, 15) is 31.9 Å². The second-order valence-corrected chi connectivity index (χ2v) is 8.18. The highest BCUT2D eigenvalue weighted by Crippen LogP contribution is 2.26. The van der Waals surface area contributed by atoms with Gasteiger partial charge in [-0.3, -0.25) is 0 Å². The quantitative estimate of drug-likeness (QED) is 0.202. The van der Waals surface area contributed by atoms with Gasteiger partial charge >= 0.3 is 17.9 Å². The van der Waals surface area contributed by atoms with Crippen molar-refractivity contribution in [2.75, 3.05) is 0 Å². The summed E-state index contributed by atoms with van der Waals surface area (Å²) >= 11 is 0. The minimum absolute atomic E-state index is 0.0110. The molecule has 43 heavy (non-hydrogen) atoms. The molecule has 0 aliphatic rings. The van der Waals surface area contributed by atoms with E-state index in [2.05, 4.69) is 15.0 Å². The molecule has 0 radical (unpaired) electrons. The van der Waals surface area contributed by atoms with Gasteiger partial charge in [0.05, 0.1) is 0 Å². The van der Waals surface area contributed by atoms with E-state index in [4.69, 9.17) is 15.3 Å². The highest BCUT2D eigenvalue weighted by atomic mass is 19.1. The van der Waals surface area contributed by atoms with Gasteiger partial charge in [-0.15, -0.1) is 0 Å². The Labute approximate surface area is 240 Å². The van der Waals surface area contributed by atoms with E-state index in [1.165, 1.54) is 61.1 Å². The van der Waals surface area contributed by atoms with Gasteiger partial charge in [-0.05, 0) is 48.5 Å². The Morgan fingerprint density at radius 2 is 0.930 bits per heavy atom. The lowest BCUT2D eigenvalue weighted by Gasteiger charge is -2.06. The van der Waals surface area contributed by atoms with Gasteiger partial charge in [-0.25, -0.2) is 46.9 Å². The first-order valence-corrected chi connectivity index (χ1v) is 11.9. The van der Waals surface area contributed by atoms with E-state index in [0.29, 0.717) is 12.1 Å². The predicted molar refractivity (Wildman–Crippen MR) is 144 cm³/mol. The molecule has 0 unspecified atom stereocenters. The molecule has 0 atom stereocenters. The predicted octanol–water partition coefficient (Wildman–Crippen LogP) is 6.23. The lowest BCUT2D eigenvalue weighted by atomic mass is 10.0. The number of carboxylic acid groups (broad SMARTS) is 3. The van der Waals surface area contributed by atoms with Gasteiger partial charge in [0.25, 0.3) is 0 Å². The molecule has 0 amide bonds. The third-order valence-electron chi connectivity index (χ3n) is 5.35. The molecule has 0 fully saturated rings. The Morgan fingerprint density at radius 3 is 1.26 bits per heavy atom. The maximum atomic E-state index is 13.5. The fraction of sp³-hybridized carbons (Fsp3) is 0. The van der Waals surface area contributed by atoms with Gasteiger partial charge in [0, 0.05) is 53.0 Å². The summed E-state index contributed by atoms with van der Waals surface area (Å²) in [5.41, 5.74) is -0.183. The van der Waals surface area contributed by atoms with Crippen molar-refractivity contribution in [2.45, 2.75) is 0 Å². The summed E-state index contributed by atoms with van der Waals surface area (Å²) in [6.07, 6.45) is 4.05.